The van der Waals surface area contributed by atoms with Gasteiger partial charge in [0.1, 0.15) is 17.8 Å². The van der Waals surface area contributed by atoms with Crippen LogP contribution in [0.15, 0.2) is 44.6 Å². The van der Waals surface area contributed by atoms with Gasteiger partial charge in [0.05, 0.1) is 5.75 Å². The molecule has 2 rings (SSSR count). The molecule has 3 N–H and O–H groups in total. The van der Waals surface area contributed by atoms with E-state index in [9.17, 15) is 9.18 Å². The highest BCUT2D eigenvalue weighted by molar-refractivity contribution is 7.98. The Bertz CT molecular complexity index is 627. The summed E-state index contributed by atoms with van der Waals surface area (Å²) in [6, 6.07) is 5.26. The third-order valence-corrected chi connectivity index (χ3v) is 3.31. The van der Waals surface area contributed by atoms with Gasteiger partial charge in [0.15, 0.2) is 5.75 Å². The summed E-state index contributed by atoms with van der Waals surface area (Å²) in [4.78, 5) is 11.7. The molecule has 1 heterocycles. The van der Waals surface area contributed by atoms with Gasteiger partial charge in [0, 0.05) is 16.6 Å². The van der Waals surface area contributed by atoms with E-state index in [0.717, 1.165) is 6.26 Å². The molecule has 0 unspecified atom stereocenters. The number of benzene rings is 1. The Balaban J connectivity index is 2.13. The Labute approximate surface area is 106 Å². The van der Waals surface area contributed by atoms with Crippen LogP contribution in [0.3, 0.4) is 0 Å². The molecule has 6 heteroatoms. The second-order valence-corrected chi connectivity index (χ2v) is 4.58. The summed E-state index contributed by atoms with van der Waals surface area (Å²) in [5.41, 5.74) is 5.64. The first-order valence-electron chi connectivity index (χ1n) is 5.05. The van der Waals surface area contributed by atoms with Crippen LogP contribution in [0.4, 0.5) is 10.1 Å². The number of hydrogen-bond acceptors (Lipinski definition) is 5. The number of anilines is 1. The lowest BCUT2D eigenvalue weighted by Gasteiger charge is -2.04. The van der Waals surface area contributed by atoms with E-state index in [1.807, 2.05) is 0 Å². The number of rotatable bonds is 3. The van der Waals surface area contributed by atoms with Gasteiger partial charge in [-0.25, -0.2) is 4.39 Å². The summed E-state index contributed by atoms with van der Waals surface area (Å²) in [7, 11) is 0. The maximum atomic E-state index is 13.0. The average Bonchev–Trinajstić information content (AvgIpc) is 2.34. The normalized spacial score (nSPS) is 10.5. The molecule has 0 bridgehead atoms. The number of thioether (sulfide) groups is 1. The molecule has 0 atom stereocenters. The van der Waals surface area contributed by atoms with Crippen LogP contribution in [0.25, 0.3) is 0 Å². The van der Waals surface area contributed by atoms with Crippen LogP contribution in [0.2, 0.25) is 0 Å². The fraction of sp³-hybridized carbons (Fsp3) is 0.0833. The fourth-order valence-electron chi connectivity index (χ4n) is 1.30. The lowest BCUT2D eigenvalue weighted by molar-refractivity contribution is 0.419. The third-order valence-electron chi connectivity index (χ3n) is 2.21. The molecule has 1 aromatic heterocycles. The van der Waals surface area contributed by atoms with Crippen molar-refractivity contribution in [2.75, 3.05) is 5.73 Å². The Hall–Kier alpha value is -1.95. The van der Waals surface area contributed by atoms with E-state index >= 15 is 0 Å². The summed E-state index contributed by atoms with van der Waals surface area (Å²) in [5.74, 6) is -0.109. The smallest absolute Gasteiger partial charge is 0.226 e. The first kappa shape index (κ1) is 12.5. The van der Waals surface area contributed by atoms with Gasteiger partial charge in [-0.1, -0.05) is 0 Å². The molecule has 94 valence electrons. The van der Waals surface area contributed by atoms with Crippen LogP contribution in [-0.2, 0) is 5.75 Å². The van der Waals surface area contributed by atoms with Crippen LogP contribution in [0.1, 0.15) is 5.76 Å². The third kappa shape index (κ3) is 2.84. The monoisotopic (exact) mass is 267 g/mol. The zero-order chi connectivity index (χ0) is 13.1. The van der Waals surface area contributed by atoms with E-state index in [4.69, 9.17) is 15.3 Å². The van der Waals surface area contributed by atoms with Crippen molar-refractivity contribution in [2.45, 2.75) is 10.6 Å². The minimum absolute atomic E-state index is 0.323. The molecule has 0 aliphatic heterocycles. The predicted molar refractivity (Wildman–Crippen MR) is 67.0 cm³/mol. The molecule has 4 nitrogen and oxygen atoms in total. The van der Waals surface area contributed by atoms with Crippen LogP contribution < -0.4 is 11.2 Å². The van der Waals surface area contributed by atoms with Gasteiger partial charge in [-0.05, 0) is 18.2 Å². The molecule has 0 saturated heterocycles. The van der Waals surface area contributed by atoms with Gasteiger partial charge in [0.25, 0.3) is 0 Å². The van der Waals surface area contributed by atoms with Crippen molar-refractivity contribution >= 4 is 17.4 Å². The summed E-state index contributed by atoms with van der Waals surface area (Å²) in [6.07, 6.45) is 0.979. The summed E-state index contributed by atoms with van der Waals surface area (Å²) in [6.45, 7) is 0. The second kappa shape index (κ2) is 5.14. The number of nitrogens with two attached hydrogens (primary N) is 1. The quantitative estimate of drug-likeness (QED) is 0.659. The standard InChI is InChI=1S/C12H10FNO3S/c13-7-1-2-9(14)12(3-7)18-6-8-4-10(15)11(16)5-17-8/h1-5,16H,6,14H2. The minimum Gasteiger partial charge on any atom is -0.502 e. The van der Waals surface area contributed by atoms with Crippen molar-refractivity contribution < 1.29 is 13.9 Å². The van der Waals surface area contributed by atoms with E-state index in [2.05, 4.69) is 0 Å². The molecular weight excluding hydrogens is 257 g/mol. The summed E-state index contributed by atoms with van der Waals surface area (Å²) < 4.78 is 18.0. The number of aromatic hydroxyl groups is 1. The van der Waals surface area contributed by atoms with Crippen molar-refractivity contribution in [2.24, 2.45) is 0 Å². The fourth-order valence-corrected chi connectivity index (χ4v) is 2.18. The molecular formula is C12H10FNO3S. The lowest BCUT2D eigenvalue weighted by Crippen LogP contribution is -1.99. The van der Waals surface area contributed by atoms with Crippen LogP contribution in [-0.4, -0.2) is 5.11 Å². The van der Waals surface area contributed by atoms with Crippen molar-refractivity contribution in [1.82, 2.24) is 0 Å². The minimum atomic E-state index is -0.510. The molecule has 18 heavy (non-hydrogen) atoms. The molecule has 0 fully saturated rings. The lowest BCUT2D eigenvalue weighted by atomic mass is 10.3. The van der Waals surface area contributed by atoms with Crippen LogP contribution in [0, 0.1) is 5.82 Å². The topological polar surface area (TPSA) is 76.5 Å². The summed E-state index contributed by atoms with van der Waals surface area (Å²) >= 11 is 1.25. The van der Waals surface area contributed by atoms with Gasteiger partial charge in [-0.2, -0.15) is 0 Å². The van der Waals surface area contributed by atoms with Crippen molar-refractivity contribution in [3.63, 3.8) is 0 Å². The summed E-state index contributed by atoms with van der Waals surface area (Å²) in [5, 5.41) is 9.03. The molecule has 0 aliphatic rings. The van der Waals surface area contributed by atoms with Gasteiger partial charge in [-0.15, -0.1) is 11.8 Å². The van der Waals surface area contributed by atoms with E-state index in [1.165, 1.54) is 36.0 Å². The molecule has 1 aromatic carbocycles. The molecule has 0 spiro atoms. The maximum absolute atomic E-state index is 13.0. The molecule has 0 aliphatic carbocycles. The zero-order valence-electron chi connectivity index (χ0n) is 9.22. The van der Waals surface area contributed by atoms with Gasteiger partial charge >= 0.3 is 0 Å². The highest BCUT2D eigenvalue weighted by atomic mass is 32.2. The number of hydrogen-bond donors (Lipinski definition) is 2. The van der Waals surface area contributed by atoms with Crippen molar-refractivity contribution in [3.8, 4) is 5.75 Å². The first-order chi connectivity index (χ1) is 8.56. The first-order valence-corrected chi connectivity index (χ1v) is 6.03. The van der Waals surface area contributed by atoms with Crippen molar-refractivity contribution in [3.05, 3.63) is 52.3 Å². The second-order valence-electron chi connectivity index (χ2n) is 3.57. The van der Waals surface area contributed by atoms with Gasteiger partial charge in [-0.3, -0.25) is 4.79 Å². The van der Waals surface area contributed by atoms with Crippen LogP contribution >= 0.6 is 11.8 Å². The maximum Gasteiger partial charge on any atom is 0.226 e. The highest BCUT2D eigenvalue weighted by Crippen LogP contribution is 2.28. The zero-order valence-corrected chi connectivity index (χ0v) is 10.0. The highest BCUT2D eigenvalue weighted by Gasteiger charge is 2.06. The molecule has 2 aromatic rings. The van der Waals surface area contributed by atoms with E-state index in [1.54, 1.807) is 0 Å². The largest absolute Gasteiger partial charge is 0.502 e. The van der Waals surface area contributed by atoms with Crippen LogP contribution in [0.5, 0.6) is 5.75 Å². The average molecular weight is 267 g/mol. The van der Waals surface area contributed by atoms with E-state index < -0.39 is 11.2 Å². The number of nitrogen functional groups attached to an aromatic ring is 1. The van der Waals surface area contributed by atoms with E-state index in [0.29, 0.717) is 22.1 Å². The van der Waals surface area contributed by atoms with Gasteiger partial charge in [0.2, 0.25) is 5.43 Å². The Morgan fingerprint density at radius 3 is 2.89 bits per heavy atom. The predicted octanol–water partition coefficient (Wildman–Crippen LogP) is 2.36. The Kier molecular flexibility index (Phi) is 3.57. The number of halogens is 1. The SMILES string of the molecule is Nc1ccc(F)cc1SCc1cc(=O)c(O)co1. The molecule has 0 radical (unpaired) electrons. The molecule has 0 saturated carbocycles. The molecule has 0 amide bonds. The van der Waals surface area contributed by atoms with E-state index in [-0.39, 0.29) is 5.82 Å². The Morgan fingerprint density at radius 1 is 1.39 bits per heavy atom. The van der Waals surface area contributed by atoms with Crippen molar-refractivity contribution in [1.29, 1.82) is 0 Å². The van der Waals surface area contributed by atoms with Gasteiger partial charge < -0.3 is 15.3 Å². The Morgan fingerprint density at radius 2 is 2.17 bits per heavy atom.